The van der Waals surface area contributed by atoms with Gasteiger partial charge < -0.3 is 20.1 Å². The molecule has 1 saturated carbocycles. The molecule has 6 heteroatoms. The fourth-order valence-electron chi connectivity index (χ4n) is 2.19. The first-order valence-electron chi connectivity index (χ1n) is 6.39. The maximum atomic E-state index is 11.9. The first-order valence-corrected chi connectivity index (χ1v) is 6.39. The van der Waals surface area contributed by atoms with Crippen molar-refractivity contribution < 1.29 is 19.4 Å². The first-order chi connectivity index (χ1) is 8.59. The van der Waals surface area contributed by atoms with Crippen LogP contribution in [0.4, 0.5) is 0 Å². The molecule has 0 radical (unpaired) electrons. The molecule has 0 bridgehead atoms. The number of carboxylic acid groups (broad SMARTS) is 1. The van der Waals surface area contributed by atoms with Gasteiger partial charge in [0, 0.05) is 26.1 Å². The van der Waals surface area contributed by atoms with Gasteiger partial charge in [-0.2, -0.15) is 0 Å². The van der Waals surface area contributed by atoms with Gasteiger partial charge in [-0.1, -0.05) is 0 Å². The van der Waals surface area contributed by atoms with E-state index in [0.29, 0.717) is 25.6 Å². The zero-order valence-electron chi connectivity index (χ0n) is 10.6. The molecule has 0 aromatic carbocycles. The van der Waals surface area contributed by atoms with Crippen LogP contribution in [0, 0.1) is 5.92 Å². The average Bonchev–Trinajstić information content (AvgIpc) is 3.02. The summed E-state index contributed by atoms with van der Waals surface area (Å²) >= 11 is 0. The summed E-state index contributed by atoms with van der Waals surface area (Å²) in [6, 6.07) is 0.251. The van der Waals surface area contributed by atoms with Crippen molar-refractivity contribution in [1.29, 1.82) is 0 Å². The molecule has 0 aromatic rings. The Hall–Kier alpha value is -1.14. The maximum Gasteiger partial charge on any atom is 0.311 e. The second-order valence-corrected chi connectivity index (χ2v) is 5.03. The molecule has 2 fully saturated rings. The summed E-state index contributed by atoms with van der Waals surface area (Å²) in [7, 11) is 1.66. The van der Waals surface area contributed by atoms with E-state index < -0.39 is 11.9 Å². The van der Waals surface area contributed by atoms with Crippen molar-refractivity contribution in [2.45, 2.75) is 31.3 Å². The van der Waals surface area contributed by atoms with Crippen molar-refractivity contribution in [3.63, 3.8) is 0 Å². The van der Waals surface area contributed by atoms with E-state index in [-0.39, 0.29) is 18.6 Å². The highest BCUT2D eigenvalue weighted by Crippen LogP contribution is 2.20. The van der Waals surface area contributed by atoms with E-state index in [4.69, 9.17) is 9.84 Å². The second kappa shape index (κ2) is 5.67. The monoisotopic (exact) mass is 256 g/mol. The Kier molecular flexibility index (Phi) is 4.19. The molecular weight excluding hydrogens is 236 g/mol. The number of likely N-dealkylation sites (N-methyl/N-ethyl adjacent to an activating group) is 1. The van der Waals surface area contributed by atoms with Gasteiger partial charge in [-0.3, -0.25) is 9.59 Å². The third-order valence-electron chi connectivity index (χ3n) is 3.61. The Bertz CT molecular complexity index is 330. The van der Waals surface area contributed by atoms with Crippen molar-refractivity contribution in [3.05, 3.63) is 0 Å². The summed E-state index contributed by atoms with van der Waals surface area (Å²) in [4.78, 5) is 24.5. The third kappa shape index (κ3) is 3.20. The minimum atomic E-state index is -0.895. The Morgan fingerprint density at radius 3 is 2.72 bits per heavy atom. The standard InChI is InChI=1S/C12H20N2O4/c1-14(10-7-18-6-9(10)12(16)17)11(15)4-5-13-8-2-3-8/h8-10,13H,2-7H2,1H3,(H,16,17). The van der Waals surface area contributed by atoms with Crippen LogP contribution < -0.4 is 5.32 Å². The lowest BCUT2D eigenvalue weighted by molar-refractivity contribution is -0.144. The lowest BCUT2D eigenvalue weighted by Crippen LogP contribution is -2.44. The SMILES string of the molecule is CN(C(=O)CCNC1CC1)C1COCC1C(=O)O. The minimum absolute atomic E-state index is 0.0232. The predicted octanol–water partition coefficient (Wildman–Crippen LogP) is -0.313. The van der Waals surface area contributed by atoms with Crippen LogP contribution in [0.2, 0.25) is 0 Å². The summed E-state index contributed by atoms with van der Waals surface area (Å²) < 4.78 is 5.16. The smallest absolute Gasteiger partial charge is 0.311 e. The molecule has 1 aliphatic carbocycles. The Balaban J connectivity index is 1.78. The van der Waals surface area contributed by atoms with E-state index in [1.54, 1.807) is 7.05 Å². The molecule has 18 heavy (non-hydrogen) atoms. The van der Waals surface area contributed by atoms with Crippen LogP contribution in [0.15, 0.2) is 0 Å². The van der Waals surface area contributed by atoms with Crippen molar-refractivity contribution in [2.75, 3.05) is 26.8 Å². The van der Waals surface area contributed by atoms with E-state index in [0.717, 1.165) is 0 Å². The summed E-state index contributed by atoms with van der Waals surface area (Å²) in [5.74, 6) is -1.52. The Morgan fingerprint density at radius 1 is 1.39 bits per heavy atom. The number of hydrogen-bond acceptors (Lipinski definition) is 4. The largest absolute Gasteiger partial charge is 0.481 e. The van der Waals surface area contributed by atoms with Crippen LogP contribution in [0.3, 0.4) is 0 Å². The highest BCUT2D eigenvalue weighted by atomic mass is 16.5. The number of carboxylic acids is 1. The van der Waals surface area contributed by atoms with Crippen molar-refractivity contribution >= 4 is 11.9 Å². The summed E-state index contributed by atoms with van der Waals surface area (Å²) in [6.07, 6.45) is 2.80. The van der Waals surface area contributed by atoms with Gasteiger partial charge >= 0.3 is 5.97 Å². The van der Waals surface area contributed by atoms with Crippen LogP contribution in [0.5, 0.6) is 0 Å². The molecular formula is C12H20N2O4. The van der Waals surface area contributed by atoms with Gasteiger partial charge in [-0.05, 0) is 12.8 Å². The molecule has 102 valence electrons. The number of ether oxygens (including phenoxy) is 1. The molecule has 1 heterocycles. The predicted molar refractivity (Wildman–Crippen MR) is 64.1 cm³/mol. The van der Waals surface area contributed by atoms with Crippen LogP contribution in [-0.2, 0) is 14.3 Å². The molecule has 0 aromatic heterocycles. The number of hydrogen-bond donors (Lipinski definition) is 2. The van der Waals surface area contributed by atoms with E-state index in [1.165, 1.54) is 17.7 Å². The molecule has 2 atom stereocenters. The lowest BCUT2D eigenvalue weighted by Gasteiger charge is -2.26. The minimum Gasteiger partial charge on any atom is -0.481 e. The molecule has 1 amide bonds. The van der Waals surface area contributed by atoms with E-state index in [1.807, 2.05) is 0 Å². The molecule has 6 nitrogen and oxygen atoms in total. The fraction of sp³-hybridized carbons (Fsp3) is 0.833. The topological polar surface area (TPSA) is 78.9 Å². The van der Waals surface area contributed by atoms with E-state index >= 15 is 0 Å². The summed E-state index contributed by atoms with van der Waals surface area (Å²) in [6.45, 7) is 1.17. The highest BCUT2D eigenvalue weighted by Gasteiger charge is 2.38. The Morgan fingerprint density at radius 2 is 2.11 bits per heavy atom. The van der Waals surface area contributed by atoms with Crippen LogP contribution in [0.1, 0.15) is 19.3 Å². The van der Waals surface area contributed by atoms with Crippen LogP contribution in [-0.4, -0.2) is 60.8 Å². The number of aliphatic carboxylic acids is 1. The summed E-state index contributed by atoms with van der Waals surface area (Å²) in [5, 5.41) is 12.3. The zero-order chi connectivity index (χ0) is 13.1. The van der Waals surface area contributed by atoms with Gasteiger partial charge in [0.15, 0.2) is 0 Å². The highest BCUT2D eigenvalue weighted by molar-refractivity contribution is 5.78. The zero-order valence-corrected chi connectivity index (χ0v) is 10.6. The average molecular weight is 256 g/mol. The molecule has 1 aliphatic heterocycles. The first kappa shape index (κ1) is 13.3. The number of carbonyl (C=O) groups excluding carboxylic acids is 1. The molecule has 1 saturated heterocycles. The fourth-order valence-corrected chi connectivity index (χ4v) is 2.19. The molecule has 0 spiro atoms. The Labute approximate surface area is 106 Å². The van der Waals surface area contributed by atoms with Gasteiger partial charge in [-0.15, -0.1) is 0 Å². The quantitative estimate of drug-likeness (QED) is 0.681. The van der Waals surface area contributed by atoms with Crippen LogP contribution in [0.25, 0.3) is 0 Å². The van der Waals surface area contributed by atoms with Crippen molar-refractivity contribution in [2.24, 2.45) is 5.92 Å². The van der Waals surface area contributed by atoms with Crippen molar-refractivity contribution in [1.82, 2.24) is 10.2 Å². The van der Waals surface area contributed by atoms with Gasteiger partial charge in [0.25, 0.3) is 0 Å². The normalized spacial score (nSPS) is 27.2. The second-order valence-electron chi connectivity index (χ2n) is 5.03. The maximum absolute atomic E-state index is 11.9. The molecule has 2 unspecified atom stereocenters. The van der Waals surface area contributed by atoms with Crippen molar-refractivity contribution in [3.8, 4) is 0 Å². The van der Waals surface area contributed by atoms with Crippen LogP contribution >= 0.6 is 0 Å². The number of rotatable bonds is 6. The molecule has 2 N–H and O–H groups in total. The third-order valence-corrected chi connectivity index (χ3v) is 3.61. The number of amides is 1. The van der Waals surface area contributed by atoms with Gasteiger partial charge in [-0.25, -0.2) is 0 Å². The number of nitrogens with one attached hydrogen (secondary N) is 1. The van der Waals surface area contributed by atoms with E-state index in [2.05, 4.69) is 5.32 Å². The molecule has 2 rings (SSSR count). The number of carbonyl (C=O) groups is 2. The van der Waals surface area contributed by atoms with Gasteiger partial charge in [0.1, 0.15) is 5.92 Å². The summed E-state index contributed by atoms with van der Waals surface area (Å²) in [5.41, 5.74) is 0. The van der Waals surface area contributed by atoms with E-state index in [9.17, 15) is 9.59 Å². The number of nitrogens with zero attached hydrogens (tertiary/aromatic N) is 1. The van der Waals surface area contributed by atoms with Gasteiger partial charge in [0.2, 0.25) is 5.91 Å². The lowest BCUT2D eigenvalue weighted by atomic mass is 10.0. The van der Waals surface area contributed by atoms with Gasteiger partial charge in [0.05, 0.1) is 19.3 Å². The molecule has 2 aliphatic rings.